The summed E-state index contributed by atoms with van der Waals surface area (Å²) in [5, 5.41) is 9.66. The van der Waals surface area contributed by atoms with Crippen LogP contribution in [0.1, 0.15) is 18.9 Å². The first-order chi connectivity index (χ1) is 8.11. The number of halogens is 1. The number of aliphatic hydroxyl groups excluding tert-OH is 1. The lowest BCUT2D eigenvalue weighted by molar-refractivity contribution is 0.0969. The van der Waals surface area contributed by atoms with Gasteiger partial charge in [0, 0.05) is 19.6 Å². The van der Waals surface area contributed by atoms with E-state index in [9.17, 15) is 9.50 Å². The Morgan fingerprint density at radius 2 is 2.29 bits per heavy atom. The van der Waals surface area contributed by atoms with Crippen LogP contribution in [0.25, 0.3) is 0 Å². The van der Waals surface area contributed by atoms with E-state index in [1.807, 2.05) is 17.9 Å². The molecule has 2 rings (SSSR count). The Labute approximate surface area is 101 Å². The Morgan fingerprint density at radius 1 is 1.53 bits per heavy atom. The Kier molecular flexibility index (Phi) is 3.64. The van der Waals surface area contributed by atoms with E-state index < -0.39 is 0 Å². The lowest BCUT2D eigenvalue weighted by Crippen LogP contribution is -2.42. The molecule has 4 heteroatoms. The predicted molar refractivity (Wildman–Crippen MR) is 66.3 cm³/mol. The predicted octanol–water partition coefficient (Wildman–Crippen LogP) is 1.49. The number of nitrogens with zero attached hydrogens (tertiary/aromatic N) is 1. The van der Waals surface area contributed by atoms with Crippen LogP contribution < -0.4 is 10.6 Å². The fourth-order valence-electron chi connectivity index (χ4n) is 2.29. The zero-order valence-electron chi connectivity index (χ0n) is 10.1. The highest BCUT2D eigenvalue weighted by Crippen LogP contribution is 2.26. The number of piperidine rings is 1. The quantitative estimate of drug-likeness (QED) is 0.820. The van der Waals surface area contributed by atoms with Gasteiger partial charge in [-0.1, -0.05) is 13.0 Å². The summed E-state index contributed by atoms with van der Waals surface area (Å²) in [4.78, 5) is 1.99. The van der Waals surface area contributed by atoms with Gasteiger partial charge in [-0.2, -0.15) is 0 Å². The molecule has 1 aliphatic rings. The molecule has 94 valence electrons. The molecular weight excluding hydrogens is 219 g/mol. The van der Waals surface area contributed by atoms with E-state index in [2.05, 4.69) is 0 Å². The van der Waals surface area contributed by atoms with Crippen LogP contribution in [0.4, 0.5) is 10.1 Å². The van der Waals surface area contributed by atoms with Gasteiger partial charge in [0.1, 0.15) is 5.82 Å². The van der Waals surface area contributed by atoms with Crippen molar-refractivity contribution in [3.05, 3.63) is 29.6 Å². The zero-order valence-corrected chi connectivity index (χ0v) is 10.1. The molecule has 0 saturated carbocycles. The second-order valence-corrected chi connectivity index (χ2v) is 4.77. The van der Waals surface area contributed by atoms with Gasteiger partial charge in [-0.05, 0) is 30.0 Å². The summed E-state index contributed by atoms with van der Waals surface area (Å²) in [5.41, 5.74) is 6.89. The van der Waals surface area contributed by atoms with E-state index >= 15 is 0 Å². The van der Waals surface area contributed by atoms with Crippen molar-refractivity contribution in [3.63, 3.8) is 0 Å². The third-order valence-corrected chi connectivity index (χ3v) is 3.45. The largest absolute Gasteiger partial charge is 0.393 e. The van der Waals surface area contributed by atoms with Crippen LogP contribution in [0.3, 0.4) is 0 Å². The van der Waals surface area contributed by atoms with E-state index in [-0.39, 0.29) is 17.8 Å². The number of aliphatic hydroxyl groups is 1. The van der Waals surface area contributed by atoms with Gasteiger partial charge in [0.25, 0.3) is 0 Å². The molecule has 1 heterocycles. The smallest absolute Gasteiger partial charge is 0.146 e. The molecule has 0 spiro atoms. The van der Waals surface area contributed by atoms with Gasteiger partial charge in [0.05, 0.1) is 11.8 Å². The highest BCUT2D eigenvalue weighted by molar-refractivity contribution is 5.49. The third-order valence-electron chi connectivity index (χ3n) is 3.45. The molecule has 0 bridgehead atoms. The second-order valence-electron chi connectivity index (χ2n) is 4.77. The Bertz CT molecular complexity index is 397. The van der Waals surface area contributed by atoms with Crippen molar-refractivity contribution in [2.45, 2.75) is 26.0 Å². The third kappa shape index (κ3) is 2.58. The number of hydrogen-bond donors (Lipinski definition) is 2. The number of hydrogen-bond acceptors (Lipinski definition) is 3. The van der Waals surface area contributed by atoms with E-state index in [0.717, 1.165) is 5.56 Å². The maximum atomic E-state index is 13.9. The number of rotatable bonds is 2. The normalized spacial score (nSPS) is 25.1. The summed E-state index contributed by atoms with van der Waals surface area (Å²) in [6.07, 6.45) is 0.428. The molecule has 0 aliphatic carbocycles. The fourth-order valence-corrected chi connectivity index (χ4v) is 2.29. The second kappa shape index (κ2) is 5.02. The maximum Gasteiger partial charge on any atom is 0.146 e. The van der Waals surface area contributed by atoms with Gasteiger partial charge in [-0.15, -0.1) is 0 Å². The van der Waals surface area contributed by atoms with Crippen molar-refractivity contribution in [1.82, 2.24) is 0 Å². The van der Waals surface area contributed by atoms with E-state index in [0.29, 0.717) is 31.7 Å². The minimum absolute atomic E-state index is 0.178. The van der Waals surface area contributed by atoms with Crippen molar-refractivity contribution in [1.29, 1.82) is 0 Å². The van der Waals surface area contributed by atoms with Crippen LogP contribution in [-0.2, 0) is 6.54 Å². The Hall–Kier alpha value is -1.13. The van der Waals surface area contributed by atoms with Crippen LogP contribution >= 0.6 is 0 Å². The average Bonchev–Trinajstić information content (AvgIpc) is 2.32. The van der Waals surface area contributed by atoms with Crippen molar-refractivity contribution in [2.24, 2.45) is 11.7 Å². The highest BCUT2D eigenvalue weighted by Gasteiger charge is 2.25. The van der Waals surface area contributed by atoms with Gasteiger partial charge < -0.3 is 15.7 Å². The van der Waals surface area contributed by atoms with Crippen molar-refractivity contribution in [3.8, 4) is 0 Å². The molecule has 0 amide bonds. The van der Waals surface area contributed by atoms with Crippen molar-refractivity contribution in [2.75, 3.05) is 18.0 Å². The fraction of sp³-hybridized carbons (Fsp3) is 0.538. The average molecular weight is 238 g/mol. The van der Waals surface area contributed by atoms with Crippen LogP contribution in [0.15, 0.2) is 18.2 Å². The topological polar surface area (TPSA) is 49.5 Å². The lowest BCUT2D eigenvalue weighted by Gasteiger charge is -2.36. The first kappa shape index (κ1) is 12.3. The van der Waals surface area contributed by atoms with E-state index in [1.54, 1.807) is 6.07 Å². The minimum atomic E-state index is -0.266. The monoisotopic (exact) mass is 238 g/mol. The molecule has 17 heavy (non-hydrogen) atoms. The zero-order chi connectivity index (χ0) is 12.4. The number of anilines is 1. The van der Waals surface area contributed by atoms with Crippen LogP contribution in [0.2, 0.25) is 0 Å². The van der Waals surface area contributed by atoms with Gasteiger partial charge in [0.15, 0.2) is 0 Å². The summed E-state index contributed by atoms with van der Waals surface area (Å²) in [6, 6.07) is 5.13. The first-order valence-corrected chi connectivity index (χ1v) is 6.03. The minimum Gasteiger partial charge on any atom is -0.393 e. The van der Waals surface area contributed by atoms with Crippen molar-refractivity contribution < 1.29 is 9.50 Å². The Balaban J connectivity index is 2.17. The number of benzene rings is 1. The van der Waals surface area contributed by atoms with Crippen LogP contribution in [-0.4, -0.2) is 24.3 Å². The first-order valence-electron chi connectivity index (χ1n) is 6.03. The van der Waals surface area contributed by atoms with Gasteiger partial charge in [-0.25, -0.2) is 4.39 Å². The molecular formula is C13H19FN2O. The molecule has 2 unspecified atom stereocenters. The SMILES string of the molecule is CC1CN(c2ccc(CN)cc2F)CCC1O. The summed E-state index contributed by atoms with van der Waals surface area (Å²) < 4.78 is 13.9. The summed E-state index contributed by atoms with van der Waals surface area (Å²) in [6.45, 7) is 3.74. The van der Waals surface area contributed by atoms with Gasteiger partial charge in [-0.3, -0.25) is 0 Å². The molecule has 0 aromatic heterocycles. The van der Waals surface area contributed by atoms with Crippen LogP contribution in [0.5, 0.6) is 0 Å². The van der Waals surface area contributed by atoms with E-state index in [1.165, 1.54) is 6.07 Å². The summed E-state index contributed by atoms with van der Waals surface area (Å²) in [7, 11) is 0. The highest BCUT2D eigenvalue weighted by atomic mass is 19.1. The molecule has 3 nitrogen and oxygen atoms in total. The molecule has 1 aromatic carbocycles. The summed E-state index contributed by atoms with van der Waals surface area (Å²) in [5.74, 6) is -0.0473. The standard InChI is InChI=1S/C13H19FN2O/c1-9-8-16(5-4-13(9)17)12-3-2-10(7-15)6-11(12)14/h2-3,6,9,13,17H,4-5,7-8,15H2,1H3. The molecule has 1 aromatic rings. The Morgan fingerprint density at radius 3 is 2.88 bits per heavy atom. The van der Waals surface area contributed by atoms with E-state index in [4.69, 9.17) is 5.73 Å². The van der Waals surface area contributed by atoms with Crippen molar-refractivity contribution >= 4 is 5.69 Å². The molecule has 1 fully saturated rings. The maximum absolute atomic E-state index is 13.9. The molecule has 1 saturated heterocycles. The molecule has 1 aliphatic heterocycles. The lowest BCUT2D eigenvalue weighted by atomic mass is 9.96. The summed E-state index contributed by atoms with van der Waals surface area (Å²) >= 11 is 0. The van der Waals surface area contributed by atoms with Gasteiger partial charge >= 0.3 is 0 Å². The molecule has 2 atom stereocenters. The van der Waals surface area contributed by atoms with Crippen LogP contribution in [0, 0.1) is 11.7 Å². The molecule has 0 radical (unpaired) electrons. The molecule has 3 N–H and O–H groups in total. The van der Waals surface area contributed by atoms with Gasteiger partial charge in [0.2, 0.25) is 0 Å². The number of nitrogens with two attached hydrogens (primary N) is 1.